The first-order valence-corrected chi connectivity index (χ1v) is 3.27. The molecule has 12 heavy (non-hydrogen) atoms. The number of aliphatic hydroxyl groups is 1. The van der Waals surface area contributed by atoms with Gasteiger partial charge in [-0.2, -0.15) is 8.78 Å². The molecule has 5 heteroatoms. The lowest BCUT2D eigenvalue weighted by molar-refractivity contribution is -0.0556. The summed E-state index contributed by atoms with van der Waals surface area (Å²) in [7, 11) is 0. The third-order valence-corrected chi connectivity index (χ3v) is 1.40. The quantitative estimate of drug-likeness (QED) is 0.695. The lowest BCUT2D eigenvalue weighted by Crippen LogP contribution is -2.18. The molecular formula is C7H8F2N2O. The molecule has 1 aromatic heterocycles. The van der Waals surface area contributed by atoms with Crippen LogP contribution < -0.4 is 5.73 Å². The highest BCUT2D eigenvalue weighted by Crippen LogP contribution is 2.27. The number of aromatic nitrogens is 1. The van der Waals surface area contributed by atoms with Crippen molar-refractivity contribution in [3.8, 4) is 0 Å². The molecular weight excluding hydrogens is 166 g/mol. The Kier molecular flexibility index (Phi) is 2.23. The van der Waals surface area contributed by atoms with E-state index in [0.29, 0.717) is 0 Å². The number of hydrogen-bond acceptors (Lipinski definition) is 3. The Balaban J connectivity index is 3.03. The van der Waals surface area contributed by atoms with Gasteiger partial charge < -0.3 is 10.8 Å². The van der Waals surface area contributed by atoms with Crippen molar-refractivity contribution in [2.45, 2.75) is 5.92 Å². The summed E-state index contributed by atoms with van der Waals surface area (Å²) in [6.07, 6.45) is 1.17. The summed E-state index contributed by atoms with van der Waals surface area (Å²) in [5.74, 6) is -3.22. The van der Waals surface area contributed by atoms with Crippen LogP contribution in [0.15, 0.2) is 18.3 Å². The van der Waals surface area contributed by atoms with Crippen molar-refractivity contribution >= 4 is 5.82 Å². The van der Waals surface area contributed by atoms with Crippen LogP contribution in [0.2, 0.25) is 0 Å². The molecule has 1 aromatic rings. The summed E-state index contributed by atoms with van der Waals surface area (Å²) in [5.41, 5.74) is 4.86. The second-order valence-corrected chi connectivity index (χ2v) is 2.33. The Labute approximate surface area is 67.8 Å². The number of pyridine rings is 1. The van der Waals surface area contributed by atoms with Gasteiger partial charge in [0.25, 0.3) is 5.92 Å². The number of nitrogens with zero attached hydrogens (tertiary/aromatic N) is 1. The van der Waals surface area contributed by atoms with E-state index in [1.54, 1.807) is 0 Å². The second-order valence-electron chi connectivity index (χ2n) is 2.33. The Hall–Kier alpha value is -1.23. The van der Waals surface area contributed by atoms with Gasteiger partial charge in [0.2, 0.25) is 0 Å². The van der Waals surface area contributed by atoms with Gasteiger partial charge in [0.05, 0.1) is 0 Å². The van der Waals surface area contributed by atoms with Crippen LogP contribution >= 0.6 is 0 Å². The van der Waals surface area contributed by atoms with Crippen LogP contribution in [-0.2, 0) is 5.92 Å². The van der Waals surface area contributed by atoms with E-state index in [4.69, 9.17) is 10.8 Å². The molecule has 1 heterocycles. The molecule has 0 saturated heterocycles. The molecule has 0 amide bonds. The van der Waals surface area contributed by atoms with Crippen LogP contribution in [0.1, 0.15) is 5.56 Å². The smallest absolute Gasteiger partial charge is 0.295 e. The van der Waals surface area contributed by atoms with Gasteiger partial charge in [-0.25, -0.2) is 4.98 Å². The molecule has 0 radical (unpaired) electrons. The molecule has 0 saturated carbocycles. The van der Waals surface area contributed by atoms with E-state index >= 15 is 0 Å². The summed E-state index contributed by atoms with van der Waals surface area (Å²) in [4.78, 5) is 3.55. The molecule has 0 fully saturated rings. The second kappa shape index (κ2) is 3.02. The van der Waals surface area contributed by atoms with Crippen molar-refractivity contribution in [3.05, 3.63) is 23.9 Å². The molecule has 66 valence electrons. The third-order valence-electron chi connectivity index (χ3n) is 1.40. The van der Waals surface area contributed by atoms with Crippen LogP contribution in [0.5, 0.6) is 0 Å². The summed E-state index contributed by atoms with van der Waals surface area (Å²) in [6, 6.07) is 2.16. The van der Waals surface area contributed by atoms with Gasteiger partial charge in [-0.15, -0.1) is 0 Å². The Bertz CT molecular complexity index is 278. The number of nitrogen functional groups attached to an aromatic ring is 1. The van der Waals surface area contributed by atoms with Gasteiger partial charge in [-0.1, -0.05) is 0 Å². The van der Waals surface area contributed by atoms with E-state index < -0.39 is 12.5 Å². The summed E-state index contributed by atoms with van der Waals surface area (Å²) < 4.78 is 25.5. The van der Waals surface area contributed by atoms with Gasteiger partial charge in [0, 0.05) is 11.8 Å². The van der Waals surface area contributed by atoms with Crippen molar-refractivity contribution in [1.29, 1.82) is 0 Å². The lowest BCUT2D eigenvalue weighted by Gasteiger charge is -2.12. The molecule has 0 spiro atoms. The Morgan fingerprint density at radius 3 is 2.75 bits per heavy atom. The first kappa shape index (κ1) is 8.86. The molecule has 0 unspecified atom stereocenters. The van der Waals surface area contributed by atoms with Crippen molar-refractivity contribution in [3.63, 3.8) is 0 Å². The highest BCUT2D eigenvalue weighted by molar-refractivity contribution is 5.34. The number of anilines is 1. The largest absolute Gasteiger partial charge is 0.390 e. The zero-order chi connectivity index (χ0) is 9.19. The number of nitrogens with two attached hydrogens (primary N) is 1. The van der Waals surface area contributed by atoms with Gasteiger partial charge in [-0.05, 0) is 12.1 Å². The average molecular weight is 174 g/mol. The molecule has 0 aliphatic carbocycles. The highest BCUT2D eigenvalue weighted by atomic mass is 19.3. The van der Waals surface area contributed by atoms with E-state index in [0.717, 1.165) is 12.1 Å². The third kappa shape index (κ3) is 1.68. The zero-order valence-electron chi connectivity index (χ0n) is 6.17. The number of aliphatic hydroxyl groups excluding tert-OH is 1. The standard InChI is InChI=1S/C7H8F2N2O/c8-7(9,4-12)5-1-2-11-6(10)3-5/h1-3,12H,4H2,(H2,10,11). The molecule has 0 aliphatic heterocycles. The number of hydrogen-bond donors (Lipinski definition) is 2. The molecule has 0 bridgehead atoms. The fourth-order valence-electron chi connectivity index (χ4n) is 0.767. The topological polar surface area (TPSA) is 59.1 Å². The summed E-state index contributed by atoms with van der Waals surface area (Å²) >= 11 is 0. The van der Waals surface area contributed by atoms with Crippen molar-refractivity contribution < 1.29 is 13.9 Å². The fourth-order valence-corrected chi connectivity index (χ4v) is 0.767. The van der Waals surface area contributed by atoms with Crippen LogP contribution in [-0.4, -0.2) is 16.7 Å². The minimum atomic E-state index is -3.24. The zero-order valence-corrected chi connectivity index (χ0v) is 6.17. The first-order valence-electron chi connectivity index (χ1n) is 3.27. The molecule has 3 nitrogen and oxygen atoms in total. The van der Waals surface area contributed by atoms with Crippen LogP contribution in [0.3, 0.4) is 0 Å². The maximum absolute atomic E-state index is 12.7. The minimum absolute atomic E-state index is 0.0145. The van der Waals surface area contributed by atoms with Crippen molar-refractivity contribution in [2.75, 3.05) is 12.3 Å². The van der Waals surface area contributed by atoms with Crippen molar-refractivity contribution in [1.82, 2.24) is 4.98 Å². The van der Waals surface area contributed by atoms with E-state index in [-0.39, 0.29) is 11.4 Å². The summed E-state index contributed by atoms with van der Waals surface area (Å²) in [6.45, 7) is -1.23. The van der Waals surface area contributed by atoms with Crippen LogP contribution in [0.25, 0.3) is 0 Å². The normalized spacial score (nSPS) is 11.6. The number of halogens is 2. The van der Waals surface area contributed by atoms with Gasteiger partial charge >= 0.3 is 0 Å². The van der Waals surface area contributed by atoms with Gasteiger partial charge in [0.15, 0.2) is 0 Å². The first-order chi connectivity index (χ1) is 5.56. The lowest BCUT2D eigenvalue weighted by atomic mass is 10.1. The Morgan fingerprint density at radius 2 is 2.25 bits per heavy atom. The fraction of sp³-hybridized carbons (Fsp3) is 0.286. The Morgan fingerprint density at radius 1 is 1.58 bits per heavy atom. The maximum atomic E-state index is 12.7. The van der Waals surface area contributed by atoms with Gasteiger partial charge in [-0.3, -0.25) is 0 Å². The predicted molar refractivity (Wildman–Crippen MR) is 39.6 cm³/mol. The maximum Gasteiger partial charge on any atom is 0.295 e. The minimum Gasteiger partial charge on any atom is -0.390 e. The predicted octanol–water partition coefficient (Wildman–Crippen LogP) is 0.748. The van der Waals surface area contributed by atoms with E-state index in [9.17, 15) is 8.78 Å². The van der Waals surface area contributed by atoms with Crippen LogP contribution in [0, 0.1) is 0 Å². The number of alkyl halides is 2. The molecule has 0 aliphatic rings. The monoisotopic (exact) mass is 174 g/mol. The van der Waals surface area contributed by atoms with E-state index in [1.165, 1.54) is 6.20 Å². The van der Waals surface area contributed by atoms with Crippen molar-refractivity contribution in [2.24, 2.45) is 0 Å². The van der Waals surface area contributed by atoms with Crippen LogP contribution in [0.4, 0.5) is 14.6 Å². The van der Waals surface area contributed by atoms with E-state index in [1.807, 2.05) is 0 Å². The summed E-state index contributed by atoms with van der Waals surface area (Å²) in [5, 5.41) is 8.33. The molecule has 3 N–H and O–H groups in total. The number of rotatable bonds is 2. The molecule has 0 aromatic carbocycles. The average Bonchev–Trinajstić information content (AvgIpc) is 2.05. The molecule has 1 rings (SSSR count). The van der Waals surface area contributed by atoms with Gasteiger partial charge in [0.1, 0.15) is 12.4 Å². The molecule has 0 atom stereocenters. The van der Waals surface area contributed by atoms with E-state index in [2.05, 4.69) is 4.98 Å². The highest BCUT2D eigenvalue weighted by Gasteiger charge is 2.30. The SMILES string of the molecule is Nc1cc(C(F)(F)CO)ccn1.